The number of rotatable bonds is 15. The van der Waals surface area contributed by atoms with Crippen LogP contribution in [0.2, 0.25) is 13.1 Å². The summed E-state index contributed by atoms with van der Waals surface area (Å²) in [5, 5.41) is 0. The summed E-state index contributed by atoms with van der Waals surface area (Å²) in [6.07, 6.45) is 14.6. The topological polar surface area (TPSA) is 0 Å². The first-order chi connectivity index (χ1) is 11.8. The molecule has 0 fully saturated rings. The molecule has 0 saturated carbocycles. The van der Waals surface area contributed by atoms with Gasteiger partial charge < -0.3 is 12.4 Å². The SMILES string of the molecule is CCCCCCCCCCC[CH2][Sb+]([CH2]C)([CH2]C)[CH2]c1ccccc1.[Cl-]. The van der Waals surface area contributed by atoms with E-state index in [9.17, 15) is 0 Å². The second kappa shape index (κ2) is 16.5. The summed E-state index contributed by atoms with van der Waals surface area (Å²) in [5.41, 5.74) is 1.61. The Labute approximate surface area is 169 Å². The maximum absolute atomic E-state index is 2.48. The van der Waals surface area contributed by atoms with Crippen molar-refractivity contribution in [3.05, 3.63) is 35.9 Å². The zero-order valence-electron chi connectivity index (χ0n) is 17.1. The van der Waals surface area contributed by atoms with Crippen LogP contribution >= 0.6 is 0 Å². The molecule has 2 heteroatoms. The van der Waals surface area contributed by atoms with Gasteiger partial charge in [-0.1, -0.05) is 0 Å². The molecule has 1 rings (SSSR count). The van der Waals surface area contributed by atoms with Crippen molar-refractivity contribution in [3.8, 4) is 0 Å². The molecule has 0 N–H and O–H groups in total. The van der Waals surface area contributed by atoms with Crippen LogP contribution in [0.1, 0.15) is 90.5 Å². The summed E-state index contributed by atoms with van der Waals surface area (Å²) in [6.45, 7) is 7.26. The van der Waals surface area contributed by atoms with Gasteiger partial charge in [-0.15, -0.1) is 0 Å². The predicted molar refractivity (Wildman–Crippen MR) is 114 cm³/mol. The van der Waals surface area contributed by atoms with Gasteiger partial charge >= 0.3 is 157 Å². The van der Waals surface area contributed by atoms with Crippen molar-refractivity contribution in [2.75, 3.05) is 0 Å². The smallest absolute Gasteiger partial charge is 1.00 e. The Hall–Kier alpha value is 0.328. The minimum atomic E-state index is -1.78. The molecule has 0 nitrogen and oxygen atoms in total. The average Bonchev–Trinajstić information content (AvgIpc) is 2.63. The van der Waals surface area contributed by atoms with E-state index in [1.165, 1.54) is 77.3 Å². The van der Waals surface area contributed by atoms with Gasteiger partial charge in [-0.05, 0) is 0 Å². The Balaban J connectivity index is 0.00000576. The molecule has 146 valence electrons. The molecule has 0 heterocycles. The summed E-state index contributed by atoms with van der Waals surface area (Å²) >= 11 is -1.78. The molecule has 0 aliphatic heterocycles. The van der Waals surface area contributed by atoms with E-state index < -0.39 is 18.8 Å². The summed E-state index contributed by atoms with van der Waals surface area (Å²) in [7, 11) is 0. The van der Waals surface area contributed by atoms with E-state index >= 15 is 0 Å². The number of benzene rings is 1. The molecule has 0 saturated heterocycles. The molecule has 0 aliphatic rings. The van der Waals surface area contributed by atoms with E-state index in [1.807, 2.05) is 0 Å². The normalized spacial score (nSPS) is 11.3. The first-order valence-electron chi connectivity index (χ1n) is 10.7. The van der Waals surface area contributed by atoms with Crippen molar-refractivity contribution < 1.29 is 12.4 Å². The molecule has 0 spiro atoms. The third-order valence-corrected chi connectivity index (χ3v) is 19.9. The van der Waals surface area contributed by atoms with Crippen LogP contribution in [0.4, 0.5) is 0 Å². The van der Waals surface area contributed by atoms with Crippen LogP contribution in [0.25, 0.3) is 0 Å². The van der Waals surface area contributed by atoms with Crippen LogP contribution < -0.4 is 12.4 Å². The molecule has 0 atom stereocenters. The van der Waals surface area contributed by atoms with Gasteiger partial charge in [-0.2, -0.15) is 0 Å². The van der Waals surface area contributed by atoms with Gasteiger partial charge in [0.25, 0.3) is 0 Å². The van der Waals surface area contributed by atoms with Gasteiger partial charge in [0.15, 0.2) is 0 Å². The molecule has 0 aliphatic carbocycles. The second-order valence-corrected chi connectivity index (χ2v) is 21.0. The first kappa shape index (κ1) is 25.3. The zero-order valence-corrected chi connectivity index (χ0v) is 20.4. The minimum Gasteiger partial charge on any atom is -1.00 e. The standard InChI is InChI=1S/C12H25.C7H7.2C2H5.ClH.Sb/c1-3-5-7-9-11-12-10-8-6-4-2;1-7-5-3-2-4-6-7;2*1-2;;/h1,3-12H2,2H3;2-6H,1H2;2*1H2,2H3;1H;/q;;;;;+1/p-1. The van der Waals surface area contributed by atoms with Crippen molar-refractivity contribution in [3.63, 3.8) is 0 Å². The van der Waals surface area contributed by atoms with Gasteiger partial charge in [-0.3, -0.25) is 0 Å². The summed E-state index contributed by atoms with van der Waals surface area (Å²) in [5.74, 6) is 0. The third kappa shape index (κ3) is 11.6. The Bertz CT molecular complexity index is 386. The van der Waals surface area contributed by atoms with Crippen molar-refractivity contribution in [1.29, 1.82) is 0 Å². The van der Waals surface area contributed by atoms with Crippen LogP contribution in [-0.2, 0) is 4.37 Å². The van der Waals surface area contributed by atoms with Crippen molar-refractivity contribution >= 4 is 18.8 Å². The molecule has 0 unspecified atom stereocenters. The van der Waals surface area contributed by atoms with Crippen molar-refractivity contribution in [1.82, 2.24) is 0 Å². The number of hydrogen-bond acceptors (Lipinski definition) is 0. The fraction of sp³-hybridized carbons (Fsp3) is 0.739. The maximum Gasteiger partial charge on any atom is -1.00 e. The molecule has 0 bridgehead atoms. The van der Waals surface area contributed by atoms with Crippen LogP contribution in [-0.4, -0.2) is 18.8 Å². The predicted octanol–water partition coefficient (Wildman–Crippen LogP) is 5.18. The van der Waals surface area contributed by atoms with Crippen LogP contribution in [0.15, 0.2) is 30.3 Å². The molecule has 0 aromatic heterocycles. The van der Waals surface area contributed by atoms with Crippen molar-refractivity contribution in [2.45, 2.75) is 102 Å². The van der Waals surface area contributed by atoms with E-state index in [2.05, 4.69) is 51.1 Å². The quantitative estimate of drug-likeness (QED) is 0.242. The summed E-state index contributed by atoms with van der Waals surface area (Å²) in [6, 6.07) is 11.3. The molecule has 1 aromatic carbocycles. The first-order valence-corrected chi connectivity index (χ1v) is 17.9. The largest absolute Gasteiger partial charge is 1.00 e. The van der Waals surface area contributed by atoms with Gasteiger partial charge in [0.1, 0.15) is 0 Å². The molecule has 0 radical (unpaired) electrons. The van der Waals surface area contributed by atoms with Crippen LogP contribution in [0, 0.1) is 0 Å². The van der Waals surface area contributed by atoms with Gasteiger partial charge in [0.05, 0.1) is 0 Å². The van der Waals surface area contributed by atoms with E-state index in [1.54, 1.807) is 9.93 Å². The summed E-state index contributed by atoms with van der Waals surface area (Å²) in [4.78, 5) is 0. The van der Waals surface area contributed by atoms with Crippen LogP contribution in [0.3, 0.4) is 0 Å². The van der Waals surface area contributed by atoms with Gasteiger partial charge in [0, 0.05) is 0 Å². The Kier molecular flexibility index (Phi) is 16.7. The minimum absolute atomic E-state index is 0. The fourth-order valence-corrected chi connectivity index (χ4v) is 13.9. The maximum atomic E-state index is 2.48. The second-order valence-electron chi connectivity index (χ2n) is 7.52. The number of halogens is 1. The summed E-state index contributed by atoms with van der Waals surface area (Å²) < 4.78 is 6.10. The van der Waals surface area contributed by atoms with Gasteiger partial charge in [0.2, 0.25) is 0 Å². The van der Waals surface area contributed by atoms with E-state index in [-0.39, 0.29) is 12.4 Å². The van der Waals surface area contributed by atoms with Gasteiger partial charge in [-0.25, -0.2) is 0 Å². The molecular formula is C23H42ClSb. The van der Waals surface area contributed by atoms with E-state index in [0.29, 0.717) is 0 Å². The van der Waals surface area contributed by atoms with E-state index in [4.69, 9.17) is 0 Å². The average molecular weight is 476 g/mol. The van der Waals surface area contributed by atoms with Crippen LogP contribution in [0.5, 0.6) is 0 Å². The van der Waals surface area contributed by atoms with Crippen molar-refractivity contribution in [2.24, 2.45) is 0 Å². The Morgan fingerprint density at radius 2 is 1.12 bits per heavy atom. The number of hydrogen-bond donors (Lipinski definition) is 0. The number of unbranched alkanes of at least 4 members (excludes halogenated alkanes) is 9. The monoisotopic (exact) mass is 474 g/mol. The zero-order chi connectivity index (χ0) is 17.5. The van der Waals surface area contributed by atoms with E-state index in [0.717, 1.165) is 0 Å². The fourth-order valence-electron chi connectivity index (χ4n) is 3.75. The Morgan fingerprint density at radius 3 is 1.60 bits per heavy atom. The molecule has 25 heavy (non-hydrogen) atoms. The molecular weight excluding hydrogens is 433 g/mol. The molecule has 0 amide bonds. The third-order valence-electron chi connectivity index (χ3n) is 5.69. The Morgan fingerprint density at radius 1 is 0.640 bits per heavy atom. The molecule has 1 aromatic rings.